The number of aromatic nitrogens is 2. The van der Waals surface area contributed by atoms with Crippen LogP contribution in [0.15, 0.2) is 82.1 Å². The van der Waals surface area contributed by atoms with E-state index >= 15 is 0 Å². The molecule has 5 rings (SSSR count). The van der Waals surface area contributed by atoms with Gasteiger partial charge in [0.05, 0.1) is 0 Å². The van der Waals surface area contributed by atoms with Crippen molar-refractivity contribution in [3.8, 4) is 10.6 Å². The highest BCUT2D eigenvalue weighted by Crippen LogP contribution is 2.30. The molecular formula is C22H13N3O3S. The molecule has 6 nitrogen and oxygen atoms in total. The van der Waals surface area contributed by atoms with E-state index in [2.05, 4.69) is 15.3 Å². The van der Waals surface area contributed by atoms with Crippen molar-refractivity contribution in [1.82, 2.24) is 9.97 Å². The van der Waals surface area contributed by atoms with Crippen LogP contribution in [-0.2, 0) is 0 Å². The van der Waals surface area contributed by atoms with Crippen LogP contribution in [0.3, 0.4) is 0 Å². The molecule has 0 radical (unpaired) electrons. The summed E-state index contributed by atoms with van der Waals surface area (Å²) in [6.45, 7) is 0. The summed E-state index contributed by atoms with van der Waals surface area (Å²) < 4.78 is 5.25. The molecule has 3 heterocycles. The highest BCUT2D eigenvalue weighted by Gasteiger charge is 2.15. The van der Waals surface area contributed by atoms with E-state index in [1.54, 1.807) is 36.5 Å². The first-order valence-corrected chi connectivity index (χ1v) is 9.65. The van der Waals surface area contributed by atoms with Gasteiger partial charge in [-0.2, -0.15) is 0 Å². The number of nitrogens with zero attached hydrogens (tertiary/aromatic N) is 2. The lowest BCUT2D eigenvalue weighted by atomic mass is 10.1. The van der Waals surface area contributed by atoms with Crippen LogP contribution in [0.5, 0.6) is 0 Å². The van der Waals surface area contributed by atoms with Gasteiger partial charge in [-0.25, -0.2) is 14.8 Å². The Balaban J connectivity index is 1.46. The summed E-state index contributed by atoms with van der Waals surface area (Å²) in [6.07, 6.45) is 1.73. The van der Waals surface area contributed by atoms with Gasteiger partial charge in [-0.1, -0.05) is 41.7 Å². The molecule has 0 saturated carbocycles. The first-order chi connectivity index (χ1) is 14.2. The van der Waals surface area contributed by atoms with Crippen molar-refractivity contribution in [3.05, 3.63) is 88.9 Å². The van der Waals surface area contributed by atoms with Gasteiger partial charge in [0, 0.05) is 22.8 Å². The number of para-hydroxylation sites is 1. The topological polar surface area (TPSA) is 85.1 Å². The number of nitrogens with one attached hydrogen (secondary N) is 1. The Morgan fingerprint density at radius 3 is 2.79 bits per heavy atom. The van der Waals surface area contributed by atoms with Crippen molar-refractivity contribution in [1.29, 1.82) is 0 Å². The molecule has 0 aliphatic carbocycles. The van der Waals surface area contributed by atoms with Gasteiger partial charge in [0.25, 0.3) is 5.91 Å². The number of carbonyl (C=O) groups is 1. The Bertz CT molecular complexity index is 1410. The number of thiazole rings is 1. The highest BCUT2D eigenvalue weighted by atomic mass is 32.1. The molecule has 0 saturated heterocycles. The zero-order valence-corrected chi connectivity index (χ0v) is 15.8. The minimum absolute atomic E-state index is 0.0432. The molecule has 3 aromatic heterocycles. The fourth-order valence-corrected chi connectivity index (χ4v) is 3.95. The molecule has 140 valence electrons. The van der Waals surface area contributed by atoms with Crippen LogP contribution in [-0.4, -0.2) is 15.9 Å². The van der Waals surface area contributed by atoms with Gasteiger partial charge in [-0.05, 0) is 36.4 Å². The zero-order chi connectivity index (χ0) is 19.8. The van der Waals surface area contributed by atoms with E-state index in [-0.39, 0.29) is 5.56 Å². The predicted molar refractivity (Wildman–Crippen MR) is 113 cm³/mol. The molecule has 0 aliphatic rings. The van der Waals surface area contributed by atoms with E-state index in [0.29, 0.717) is 16.7 Å². The molecule has 7 heteroatoms. The second-order valence-electron chi connectivity index (χ2n) is 6.37. The highest BCUT2D eigenvalue weighted by molar-refractivity contribution is 7.21. The summed E-state index contributed by atoms with van der Waals surface area (Å²) in [5.74, 6) is -0.521. The van der Waals surface area contributed by atoms with Crippen molar-refractivity contribution in [2.45, 2.75) is 0 Å². The number of rotatable bonds is 3. The first-order valence-electron chi connectivity index (χ1n) is 8.84. The third kappa shape index (κ3) is 3.28. The van der Waals surface area contributed by atoms with Crippen LogP contribution in [0.2, 0.25) is 0 Å². The number of benzene rings is 2. The van der Waals surface area contributed by atoms with E-state index in [9.17, 15) is 9.59 Å². The number of hydrogen-bond donors (Lipinski definition) is 1. The summed E-state index contributed by atoms with van der Waals surface area (Å²) in [4.78, 5) is 34.6. The van der Waals surface area contributed by atoms with Crippen molar-refractivity contribution < 1.29 is 9.21 Å². The van der Waals surface area contributed by atoms with Gasteiger partial charge in [0.1, 0.15) is 26.5 Å². The van der Waals surface area contributed by atoms with Crippen LogP contribution in [0.1, 0.15) is 10.4 Å². The van der Waals surface area contributed by atoms with Gasteiger partial charge in [-0.15, -0.1) is 0 Å². The van der Waals surface area contributed by atoms with Gasteiger partial charge in [0.2, 0.25) is 0 Å². The van der Waals surface area contributed by atoms with Crippen LogP contribution in [0.4, 0.5) is 5.69 Å². The maximum atomic E-state index is 12.7. The fraction of sp³-hybridized carbons (Fsp3) is 0. The maximum Gasteiger partial charge on any atom is 0.349 e. The minimum atomic E-state index is -0.672. The fourth-order valence-electron chi connectivity index (χ4n) is 3.04. The normalized spacial score (nSPS) is 11.0. The summed E-state index contributed by atoms with van der Waals surface area (Å²) >= 11 is 1.48. The van der Waals surface area contributed by atoms with Gasteiger partial charge >= 0.3 is 5.63 Å². The molecule has 0 atom stereocenters. The Hall–Kier alpha value is -3.84. The molecule has 0 bridgehead atoms. The molecule has 0 spiro atoms. The second-order valence-corrected chi connectivity index (χ2v) is 7.34. The van der Waals surface area contributed by atoms with Crippen LogP contribution < -0.4 is 10.9 Å². The van der Waals surface area contributed by atoms with Gasteiger partial charge in [-0.3, -0.25) is 4.79 Å². The molecule has 5 aromatic rings. The van der Waals surface area contributed by atoms with E-state index in [0.717, 1.165) is 20.9 Å². The maximum absolute atomic E-state index is 12.7. The average molecular weight is 399 g/mol. The SMILES string of the molecule is O=C(Nc1cccc(-c2nc3cccnc3s2)c1)c1cc2ccccc2oc1=O. The Kier molecular flexibility index (Phi) is 4.14. The van der Waals surface area contributed by atoms with Crippen molar-refractivity contribution in [3.63, 3.8) is 0 Å². The quantitative estimate of drug-likeness (QED) is 0.444. The lowest BCUT2D eigenvalue weighted by Gasteiger charge is -2.06. The van der Waals surface area contributed by atoms with Crippen LogP contribution >= 0.6 is 11.3 Å². The lowest BCUT2D eigenvalue weighted by molar-refractivity contribution is 0.102. The predicted octanol–water partition coefficient (Wildman–Crippen LogP) is 4.72. The smallest absolute Gasteiger partial charge is 0.349 e. The molecule has 0 unspecified atom stereocenters. The number of amides is 1. The Labute approximate surface area is 168 Å². The number of pyridine rings is 1. The molecule has 2 aromatic carbocycles. The molecule has 0 fully saturated rings. The largest absolute Gasteiger partial charge is 0.422 e. The first kappa shape index (κ1) is 17.3. The number of fused-ring (bicyclic) bond motifs is 2. The molecular weight excluding hydrogens is 386 g/mol. The monoisotopic (exact) mass is 399 g/mol. The van der Waals surface area contributed by atoms with E-state index in [1.165, 1.54) is 11.3 Å². The lowest BCUT2D eigenvalue weighted by Crippen LogP contribution is -2.20. The van der Waals surface area contributed by atoms with Crippen molar-refractivity contribution in [2.24, 2.45) is 0 Å². The Morgan fingerprint density at radius 2 is 1.90 bits per heavy atom. The molecule has 0 aliphatic heterocycles. The molecule has 1 amide bonds. The summed E-state index contributed by atoms with van der Waals surface area (Å²) in [5, 5.41) is 4.26. The summed E-state index contributed by atoms with van der Waals surface area (Å²) in [5.41, 5.74) is 1.98. The van der Waals surface area contributed by atoms with E-state index in [1.807, 2.05) is 36.4 Å². The minimum Gasteiger partial charge on any atom is -0.422 e. The van der Waals surface area contributed by atoms with Gasteiger partial charge in [0.15, 0.2) is 0 Å². The van der Waals surface area contributed by atoms with Crippen LogP contribution in [0, 0.1) is 0 Å². The third-order valence-electron chi connectivity index (χ3n) is 4.42. The zero-order valence-electron chi connectivity index (χ0n) is 15.0. The number of anilines is 1. The van der Waals surface area contributed by atoms with E-state index in [4.69, 9.17) is 4.42 Å². The number of carbonyl (C=O) groups excluding carboxylic acids is 1. The number of hydrogen-bond acceptors (Lipinski definition) is 6. The standard InChI is InChI=1S/C22H13N3O3S/c26-19(16-12-13-5-1-2-9-18(13)28-22(16)27)24-15-7-3-6-14(11-15)20-25-17-8-4-10-23-21(17)29-20/h1-12H,(H,24,26). The second kappa shape index (κ2) is 6.96. The average Bonchev–Trinajstić information content (AvgIpc) is 3.18. The van der Waals surface area contributed by atoms with Crippen LogP contribution in [0.25, 0.3) is 31.9 Å². The van der Waals surface area contributed by atoms with E-state index < -0.39 is 11.5 Å². The summed E-state index contributed by atoms with van der Waals surface area (Å²) in [6, 6.07) is 19.7. The Morgan fingerprint density at radius 1 is 1.00 bits per heavy atom. The summed E-state index contributed by atoms with van der Waals surface area (Å²) in [7, 11) is 0. The third-order valence-corrected chi connectivity index (χ3v) is 5.45. The molecule has 1 N–H and O–H groups in total. The van der Waals surface area contributed by atoms with Crippen molar-refractivity contribution in [2.75, 3.05) is 5.32 Å². The molecule has 29 heavy (non-hydrogen) atoms. The van der Waals surface area contributed by atoms with Gasteiger partial charge < -0.3 is 9.73 Å². The van der Waals surface area contributed by atoms with Crippen molar-refractivity contribution >= 4 is 44.2 Å².